The zero-order valence-corrected chi connectivity index (χ0v) is 14.4. The molecule has 11 heteroatoms. The third kappa shape index (κ3) is 3.99. The summed E-state index contributed by atoms with van der Waals surface area (Å²) in [6, 6.07) is 3.12. The van der Waals surface area contributed by atoms with Gasteiger partial charge in [-0.3, -0.25) is 4.68 Å². The minimum atomic E-state index is -4.29. The molecule has 3 rings (SSSR count). The van der Waals surface area contributed by atoms with Crippen LogP contribution in [0.5, 0.6) is 5.88 Å². The quantitative estimate of drug-likeness (QED) is 0.446. The van der Waals surface area contributed by atoms with Gasteiger partial charge < -0.3 is 4.74 Å². The molecule has 0 saturated heterocycles. The van der Waals surface area contributed by atoms with Crippen LogP contribution in [0.2, 0.25) is 10.2 Å². The molecule has 0 atom stereocenters. The van der Waals surface area contributed by atoms with Crippen molar-refractivity contribution in [1.29, 1.82) is 0 Å². The molecule has 138 valence electrons. The number of hydrogen-bond donors (Lipinski definition) is 0. The van der Waals surface area contributed by atoms with Crippen molar-refractivity contribution in [1.82, 2.24) is 19.7 Å². The fourth-order valence-electron chi connectivity index (χ4n) is 2.11. The zero-order valence-electron chi connectivity index (χ0n) is 12.8. The van der Waals surface area contributed by atoms with E-state index in [1.54, 1.807) is 16.9 Å². The summed E-state index contributed by atoms with van der Waals surface area (Å²) in [6.45, 7) is -1.25. The first-order valence-corrected chi connectivity index (χ1v) is 7.93. The van der Waals surface area contributed by atoms with E-state index in [0.29, 0.717) is 21.6 Å². The monoisotopic (exact) mass is 408 g/mol. The third-order valence-electron chi connectivity index (χ3n) is 3.36. The van der Waals surface area contributed by atoms with Crippen LogP contribution in [0.25, 0.3) is 10.9 Å². The van der Waals surface area contributed by atoms with Gasteiger partial charge in [-0.05, 0) is 17.7 Å². The lowest BCUT2D eigenvalue weighted by Gasteiger charge is -2.16. The summed E-state index contributed by atoms with van der Waals surface area (Å²) in [6.07, 6.45) is 0.706. The fraction of sp³-hybridized carbons (Fsp3) is 0.267. The first-order chi connectivity index (χ1) is 12.3. The molecule has 0 unspecified atom stereocenters. The fourth-order valence-corrected chi connectivity index (χ4v) is 2.56. The smallest absolute Gasteiger partial charge is 0.340 e. The van der Waals surface area contributed by atoms with Gasteiger partial charge in [-0.25, -0.2) is 18.7 Å². The normalized spacial score (nSPS) is 12.1. The van der Waals surface area contributed by atoms with Gasteiger partial charge in [-0.15, -0.1) is 0 Å². The Labute approximate surface area is 154 Å². The third-order valence-corrected chi connectivity index (χ3v) is 3.93. The molecule has 0 bridgehead atoms. The summed E-state index contributed by atoms with van der Waals surface area (Å²) in [5, 5.41) is 5.22. The molecule has 0 aromatic carbocycles. The van der Waals surface area contributed by atoms with Gasteiger partial charge in [-0.1, -0.05) is 23.2 Å². The number of alkyl halides is 4. The maximum Gasteiger partial charge on any atom is 0.340 e. The van der Waals surface area contributed by atoms with E-state index in [1.165, 1.54) is 18.5 Å². The van der Waals surface area contributed by atoms with Crippen molar-refractivity contribution in [3.63, 3.8) is 0 Å². The van der Waals surface area contributed by atoms with Crippen molar-refractivity contribution in [2.24, 2.45) is 0 Å². The maximum absolute atomic E-state index is 12.9. The van der Waals surface area contributed by atoms with Crippen LogP contribution in [0.15, 0.2) is 30.7 Å². The van der Waals surface area contributed by atoms with Crippen molar-refractivity contribution >= 4 is 34.1 Å². The Kier molecular flexibility index (Phi) is 5.19. The number of hydrogen-bond acceptors (Lipinski definition) is 4. The first kappa shape index (κ1) is 18.7. The molecule has 0 N–H and O–H groups in total. The van der Waals surface area contributed by atoms with Crippen LogP contribution < -0.4 is 4.74 Å². The predicted molar refractivity (Wildman–Crippen MR) is 87.3 cm³/mol. The Hall–Kier alpha value is -2.13. The molecular weight excluding hydrogens is 399 g/mol. The lowest BCUT2D eigenvalue weighted by atomic mass is 10.3. The van der Waals surface area contributed by atoms with Gasteiger partial charge in [0, 0.05) is 18.6 Å². The highest BCUT2D eigenvalue weighted by Gasteiger charge is 2.42. The van der Waals surface area contributed by atoms with Crippen LogP contribution in [0.1, 0.15) is 5.56 Å². The Morgan fingerprint density at radius 2 is 2.00 bits per heavy atom. The number of fused-ring (bicyclic) bond motifs is 1. The molecular formula is C15H10Cl2F4N4O. The molecule has 3 aromatic heterocycles. The van der Waals surface area contributed by atoms with Crippen LogP contribution in [0, 0.1) is 0 Å². The number of halogens is 6. The van der Waals surface area contributed by atoms with Gasteiger partial charge in [0.05, 0.1) is 17.4 Å². The van der Waals surface area contributed by atoms with Crippen molar-refractivity contribution in [2.45, 2.75) is 18.9 Å². The van der Waals surface area contributed by atoms with Gasteiger partial charge in [0.1, 0.15) is 10.2 Å². The van der Waals surface area contributed by atoms with Crippen molar-refractivity contribution < 1.29 is 22.3 Å². The Morgan fingerprint density at radius 1 is 1.23 bits per heavy atom. The standard InChI is InChI=1S/C15H10Cl2F4N4O/c16-10-3-8(4-23-13(10)26-7-15(20,21)14(18)19)5-25-6-9-11(24-25)1-2-22-12(9)17/h1-4,6,14H,5,7H2. The van der Waals surface area contributed by atoms with Crippen LogP contribution in [-0.2, 0) is 6.54 Å². The molecule has 0 saturated carbocycles. The van der Waals surface area contributed by atoms with E-state index in [9.17, 15) is 17.6 Å². The summed E-state index contributed by atoms with van der Waals surface area (Å²) in [5.41, 5.74) is 1.25. The van der Waals surface area contributed by atoms with Crippen LogP contribution >= 0.6 is 23.2 Å². The minimum absolute atomic E-state index is 0.0797. The van der Waals surface area contributed by atoms with E-state index in [4.69, 9.17) is 23.2 Å². The van der Waals surface area contributed by atoms with E-state index in [2.05, 4.69) is 19.8 Å². The molecule has 3 aromatic rings. The second kappa shape index (κ2) is 7.24. The van der Waals surface area contributed by atoms with Gasteiger partial charge >= 0.3 is 12.3 Å². The van der Waals surface area contributed by atoms with Crippen LogP contribution in [0.4, 0.5) is 17.6 Å². The second-order valence-electron chi connectivity index (χ2n) is 5.34. The summed E-state index contributed by atoms with van der Waals surface area (Å²) in [5.74, 6) is -4.64. The summed E-state index contributed by atoms with van der Waals surface area (Å²) in [4.78, 5) is 7.75. The molecule has 0 radical (unpaired) electrons. The lowest BCUT2D eigenvalue weighted by molar-refractivity contribution is -0.148. The average molecular weight is 409 g/mol. The SMILES string of the molecule is FC(F)C(F)(F)COc1ncc(Cn2cc3c(Cl)nccc3n2)cc1Cl. The van der Waals surface area contributed by atoms with Crippen LogP contribution in [0.3, 0.4) is 0 Å². The summed E-state index contributed by atoms with van der Waals surface area (Å²) in [7, 11) is 0. The van der Waals surface area contributed by atoms with Gasteiger partial charge in [0.15, 0.2) is 6.61 Å². The van der Waals surface area contributed by atoms with Crippen molar-refractivity contribution in [2.75, 3.05) is 6.61 Å². The number of nitrogens with zero attached hydrogens (tertiary/aromatic N) is 4. The topological polar surface area (TPSA) is 52.8 Å². The largest absolute Gasteiger partial charge is 0.470 e. The Morgan fingerprint density at radius 3 is 2.65 bits per heavy atom. The van der Waals surface area contributed by atoms with Gasteiger partial charge in [0.25, 0.3) is 0 Å². The molecule has 3 heterocycles. The van der Waals surface area contributed by atoms with Crippen molar-refractivity contribution in [3.05, 3.63) is 46.5 Å². The zero-order chi connectivity index (χ0) is 18.9. The molecule has 0 aliphatic carbocycles. The van der Waals surface area contributed by atoms with E-state index >= 15 is 0 Å². The molecule has 26 heavy (non-hydrogen) atoms. The Balaban J connectivity index is 1.73. The molecule has 0 aliphatic rings. The van der Waals surface area contributed by atoms with Crippen LogP contribution in [-0.4, -0.2) is 38.7 Å². The van der Waals surface area contributed by atoms with E-state index in [1.807, 2.05) is 0 Å². The number of rotatable bonds is 6. The highest BCUT2D eigenvalue weighted by Crippen LogP contribution is 2.28. The molecule has 0 amide bonds. The highest BCUT2D eigenvalue weighted by molar-refractivity contribution is 6.34. The summed E-state index contributed by atoms with van der Waals surface area (Å²) >= 11 is 11.9. The van der Waals surface area contributed by atoms with E-state index in [-0.39, 0.29) is 17.4 Å². The molecule has 0 spiro atoms. The first-order valence-electron chi connectivity index (χ1n) is 7.17. The number of ether oxygens (including phenoxy) is 1. The highest BCUT2D eigenvalue weighted by atomic mass is 35.5. The second-order valence-corrected chi connectivity index (χ2v) is 6.11. The Bertz CT molecular complexity index is 935. The summed E-state index contributed by atoms with van der Waals surface area (Å²) < 4.78 is 56.2. The lowest BCUT2D eigenvalue weighted by Crippen LogP contribution is -2.34. The number of pyridine rings is 2. The van der Waals surface area contributed by atoms with E-state index < -0.39 is 19.0 Å². The number of aromatic nitrogens is 4. The molecule has 0 fully saturated rings. The maximum atomic E-state index is 12.9. The average Bonchev–Trinajstić information content (AvgIpc) is 2.98. The predicted octanol–water partition coefficient (Wildman–Crippen LogP) is 4.46. The minimum Gasteiger partial charge on any atom is -0.470 e. The molecule has 0 aliphatic heterocycles. The van der Waals surface area contributed by atoms with E-state index in [0.717, 1.165) is 0 Å². The van der Waals surface area contributed by atoms with Crippen molar-refractivity contribution in [3.8, 4) is 5.88 Å². The van der Waals surface area contributed by atoms with Gasteiger partial charge in [-0.2, -0.15) is 13.9 Å². The molecule has 5 nitrogen and oxygen atoms in total. The van der Waals surface area contributed by atoms with Gasteiger partial charge in [0.2, 0.25) is 5.88 Å².